The molecule has 0 amide bonds. The largest absolute Gasteiger partial charge is 0.380 e. The lowest BCUT2D eigenvalue weighted by atomic mass is 9.89. The molecule has 1 aliphatic carbocycles. The van der Waals surface area contributed by atoms with Gasteiger partial charge in [0, 0.05) is 24.8 Å². The predicted molar refractivity (Wildman–Crippen MR) is 77.0 cm³/mol. The van der Waals surface area contributed by atoms with E-state index in [9.17, 15) is 0 Å². The third-order valence-electron chi connectivity index (χ3n) is 4.60. The molecule has 1 saturated carbocycles. The fourth-order valence-electron chi connectivity index (χ4n) is 3.45. The summed E-state index contributed by atoms with van der Waals surface area (Å²) in [7, 11) is 0. The maximum absolute atomic E-state index is 3.68. The van der Waals surface area contributed by atoms with Crippen LogP contribution >= 0.6 is 0 Å². The third kappa shape index (κ3) is 2.54. The van der Waals surface area contributed by atoms with Gasteiger partial charge in [0.25, 0.3) is 0 Å². The Morgan fingerprint density at radius 2 is 2.06 bits per heavy atom. The highest BCUT2D eigenvalue weighted by Gasteiger charge is 2.28. The van der Waals surface area contributed by atoms with E-state index in [-0.39, 0.29) is 0 Å². The van der Waals surface area contributed by atoms with Crippen molar-refractivity contribution in [3.05, 3.63) is 29.8 Å². The molecule has 1 aliphatic heterocycles. The fraction of sp³-hybridized carbons (Fsp3) is 0.625. The van der Waals surface area contributed by atoms with Crippen LogP contribution in [0.2, 0.25) is 0 Å². The quantitative estimate of drug-likeness (QED) is 0.850. The van der Waals surface area contributed by atoms with Crippen molar-refractivity contribution in [2.45, 2.75) is 45.1 Å². The standard InChI is InChI=1S/C16H24N2/c1-16(8-4-5-9-16)12-17-11-14-10-13-6-2-3-7-15(13)18-14/h2-3,6-7,14,17-18H,4-5,8-12H2,1H3. The van der Waals surface area contributed by atoms with Gasteiger partial charge in [0.15, 0.2) is 0 Å². The summed E-state index contributed by atoms with van der Waals surface area (Å²) in [5.41, 5.74) is 3.36. The zero-order valence-corrected chi connectivity index (χ0v) is 11.3. The van der Waals surface area contributed by atoms with Crippen LogP contribution in [-0.2, 0) is 6.42 Å². The van der Waals surface area contributed by atoms with E-state index in [0.717, 1.165) is 6.54 Å². The minimum atomic E-state index is 0.561. The molecule has 1 aromatic rings. The Hall–Kier alpha value is -1.02. The highest BCUT2D eigenvalue weighted by Crippen LogP contribution is 2.36. The first-order valence-corrected chi connectivity index (χ1v) is 7.30. The summed E-state index contributed by atoms with van der Waals surface area (Å²) in [6.07, 6.45) is 6.81. The lowest BCUT2D eigenvalue weighted by Crippen LogP contribution is -2.37. The minimum absolute atomic E-state index is 0.561. The molecule has 1 unspecified atom stereocenters. The van der Waals surface area contributed by atoms with Crippen LogP contribution in [0.3, 0.4) is 0 Å². The van der Waals surface area contributed by atoms with Crippen molar-refractivity contribution in [1.29, 1.82) is 0 Å². The zero-order valence-electron chi connectivity index (χ0n) is 11.3. The van der Waals surface area contributed by atoms with E-state index in [2.05, 4.69) is 41.8 Å². The minimum Gasteiger partial charge on any atom is -0.380 e. The lowest BCUT2D eigenvalue weighted by Gasteiger charge is -2.25. The Kier molecular flexibility index (Phi) is 3.29. The third-order valence-corrected chi connectivity index (χ3v) is 4.60. The van der Waals surface area contributed by atoms with E-state index < -0.39 is 0 Å². The second-order valence-electron chi connectivity index (χ2n) is 6.35. The molecule has 1 fully saturated rings. The van der Waals surface area contributed by atoms with Crippen LogP contribution in [0.4, 0.5) is 5.69 Å². The van der Waals surface area contributed by atoms with Gasteiger partial charge < -0.3 is 10.6 Å². The van der Waals surface area contributed by atoms with Crippen LogP contribution in [0.5, 0.6) is 0 Å². The van der Waals surface area contributed by atoms with E-state index in [1.807, 2.05) is 0 Å². The normalized spacial score (nSPS) is 24.8. The molecule has 1 aromatic carbocycles. The smallest absolute Gasteiger partial charge is 0.0427 e. The first-order chi connectivity index (χ1) is 8.75. The molecule has 2 nitrogen and oxygen atoms in total. The SMILES string of the molecule is CC1(CNCC2Cc3ccccc3N2)CCCC1. The molecule has 3 rings (SSSR count). The lowest BCUT2D eigenvalue weighted by molar-refractivity contribution is 0.313. The van der Waals surface area contributed by atoms with Crippen molar-refractivity contribution in [1.82, 2.24) is 5.32 Å². The van der Waals surface area contributed by atoms with Crippen molar-refractivity contribution in [2.24, 2.45) is 5.41 Å². The summed E-state index contributed by atoms with van der Waals surface area (Å²) < 4.78 is 0. The van der Waals surface area contributed by atoms with Crippen LogP contribution in [-0.4, -0.2) is 19.1 Å². The first kappa shape index (κ1) is 12.0. The molecule has 0 radical (unpaired) electrons. The Morgan fingerprint density at radius 1 is 1.28 bits per heavy atom. The molecule has 2 heteroatoms. The molecule has 98 valence electrons. The second kappa shape index (κ2) is 4.93. The molecule has 0 saturated heterocycles. The summed E-state index contributed by atoms with van der Waals surface area (Å²) in [5.74, 6) is 0. The van der Waals surface area contributed by atoms with Gasteiger partial charge >= 0.3 is 0 Å². The van der Waals surface area contributed by atoms with Crippen molar-refractivity contribution in [3.8, 4) is 0 Å². The van der Waals surface area contributed by atoms with Gasteiger partial charge in [0.1, 0.15) is 0 Å². The van der Waals surface area contributed by atoms with Crippen molar-refractivity contribution < 1.29 is 0 Å². The highest BCUT2D eigenvalue weighted by atomic mass is 15.0. The number of anilines is 1. The van der Waals surface area contributed by atoms with Crippen molar-refractivity contribution in [3.63, 3.8) is 0 Å². The topological polar surface area (TPSA) is 24.1 Å². The number of hydrogen-bond donors (Lipinski definition) is 2. The zero-order chi connectivity index (χ0) is 12.4. The summed E-state index contributed by atoms with van der Waals surface area (Å²) in [5, 5.41) is 7.29. The van der Waals surface area contributed by atoms with Crippen LogP contribution in [0.1, 0.15) is 38.2 Å². The fourth-order valence-corrected chi connectivity index (χ4v) is 3.45. The maximum atomic E-state index is 3.68. The number of benzene rings is 1. The summed E-state index contributed by atoms with van der Waals surface area (Å²) in [4.78, 5) is 0. The summed E-state index contributed by atoms with van der Waals surface area (Å²) in [6, 6.07) is 9.25. The molecular formula is C16H24N2. The molecule has 0 bridgehead atoms. The average Bonchev–Trinajstić information content (AvgIpc) is 2.95. The Bertz CT molecular complexity index is 382. The second-order valence-corrected chi connectivity index (χ2v) is 6.35. The molecule has 0 spiro atoms. The molecule has 18 heavy (non-hydrogen) atoms. The van der Waals surface area contributed by atoms with Crippen LogP contribution in [0, 0.1) is 5.41 Å². The van der Waals surface area contributed by atoms with E-state index in [1.54, 1.807) is 0 Å². The van der Waals surface area contributed by atoms with Gasteiger partial charge in [-0.1, -0.05) is 38.0 Å². The number of hydrogen-bond acceptors (Lipinski definition) is 2. The molecule has 1 heterocycles. The highest BCUT2D eigenvalue weighted by molar-refractivity contribution is 5.56. The van der Waals surface area contributed by atoms with Crippen LogP contribution < -0.4 is 10.6 Å². The van der Waals surface area contributed by atoms with E-state index >= 15 is 0 Å². The molecule has 0 aromatic heterocycles. The maximum Gasteiger partial charge on any atom is 0.0427 e. The number of fused-ring (bicyclic) bond motifs is 1. The van der Waals surface area contributed by atoms with Crippen molar-refractivity contribution in [2.75, 3.05) is 18.4 Å². The first-order valence-electron chi connectivity index (χ1n) is 7.30. The number of nitrogens with one attached hydrogen (secondary N) is 2. The number of para-hydroxylation sites is 1. The van der Waals surface area contributed by atoms with Crippen molar-refractivity contribution >= 4 is 5.69 Å². The summed E-state index contributed by atoms with van der Waals surface area (Å²) in [6.45, 7) is 4.70. The van der Waals surface area contributed by atoms with Gasteiger partial charge in [0.05, 0.1) is 0 Å². The van der Waals surface area contributed by atoms with Crippen LogP contribution in [0.15, 0.2) is 24.3 Å². The average molecular weight is 244 g/mol. The van der Waals surface area contributed by atoms with Gasteiger partial charge in [0.2, 0.25) is 0 Å². The van der Waals surface area contributed by atoms with E-state index in [0.29, 0.717) is 11.5 Å². The molecule has 2 N–H and O–H groups in total. The van der Waals surface area contributed by atoms with Gasteiger partial charge in [-0.3, -0.25) is 0 Å². The van der Waals surface area contributed by atoms with Gasteiger partial charge in [-0.2, -0.15) is 0 Å². The molecule has 2 aliphatic rings. The van der Waals surface area contributed by atoms with E-state index in [4.69, 9.17) is 0 Å². The van der Waals surface area contributed by atoms with Crippen LogP contribution in [0.25, 0.3) is 0 Å². The Labute approximate surface area is 110 Å². The van der Waals surface area contributed by atoms with Gasteiger partial charge in [-0.05, 0) is 36.3 Å². The Morgan fingerprint density at radius 3 is 2.83 bits per heavy atom. The Balaban J connectivity index is 1.46. The van der Waals surface area contributed by atoms with Gasteiger partial charge in [-0.25, -0.2) is 0 Å². The monoisotopic (exact) mass is 244 g/mol. The molecular weight excluding hydrogens is 220 g/mol. The predicted octanol–water partition coefficient (Wildman–Crippen LogP) is 3.19. The molecule has 1 atom stereocenters. The number of rotatable bonds is 4. The van der Waals surface area contributed by atoms with E-state index in [1.165, 1.54) is 49.9 Å². The summed E-state index contributed by atoms with van der Waals surface area (Å²) >= 11 is 0. The van der Waals surface area contributed by atoms with Gasteiger partial charge in [-0.15, -0.1) is 0 Å².